The number of amides is 2. The number of rotatable bonds is 5. The van der Waals surface area contributed by atoms with E-state index in [0.29, 0.717) is 49.9 Å². The van der Waals surface area contributed by atoms with Crippen molar-refractivity contribution in [1.82, 2.24) is 15.1 Å². The number of hydrogen-bond donors (Lipinski definition) is 1. The van der Waals surface area contributed by atoms with E-state index in [-0.39, 0.29) is 11.8 Å². The highest BCUT2D eigenvalue weighted by atomic mass is 35.5. The van der Waals surface area contributed by atoms with E-state index in [1.165, 1.54) is 0 Å². The van der Waals surface area contributed by atoms with E-state index in [2.05, 4.69) is 10.2 Å². The van der Waals surface area contributed by atoms with Crippen LogP contribution in [0.4, 0.5) is 0 Å². The van der Waals surface area contributed by atoms with Gasteiger partial charge < -0.3 is 10.2 Å². The van der Waals surface area contributed by atoms with E-state index < -0.39 is 0 Å². The fourth-order valence-electron chi connectivity index (χ4n) is 2.94. The largest absolute Gasteiger partial charge is 0.351 e. The predicted molar refractivity (Wildman–Crippen MR) is 102 cm³/mol. The van der Waals surface area contributed by atoms with Crippen LogP contribution in [0.5, 0.6) is 0 Å². The second-order valence-corrected chi connectivity index (χ2v) is 6.77. The molecule has 1 aliphatic heterocycles. The third kappa shape index (κ3) is 5.07. The average Bonchev–Trinajstić information content (AvgIpc) is 2.68. The molecule has 0 bridgehead atoms. The third-order valence-corrected chi connectivity index (χ3v) is 4.70. The minimum absolute atomic E-state index is 0.00586. The molecule has 1 aliphatic rings. The molecule has 6 heteroatoms. The van der Waals surface area contributed by atoms with E-state index in [0.717, 1.165) is 5.56 Å². The smallest absolute Gasteiger partial charge is 0.253 e. The van der Waals surface area contributed by atoms with Gasteiger partial charge in [-0.2, -0.15) is 0 Å². The van der Waals surface area contributed by atoms with E-state index in [1.807, 2.05) is 35.2 Å². The van der Waals surface area contributed by atoms with Crippen LogP contribution in [-0.4, -0.2) is 54.3 Å². The Labute approximate surface area is 158 Å². The lowest BCUT2D eigenvalue weighted by molar-refractivity contribution is -0.122. The maximum atomic E-state index is 12.5. The topological polar surface area (TPSA) is 52.7 Å². The molecular weight excluding hydrogens is 350 g/mol. The van der Waals surface area contributed by atoms with Crippen LogP contribution in [0.1, 0.15) is 15.9 Å². The molecular formula is C20H22ClN3O2. The molecule has 0 unspecified atom stereocenters. The number of piperazine rings is 1. The lowest BCUT2D eigenvalue weighted by Gasteiger charge is -2.34. The number of halogens is 1. The number of benzene rings is 2. The van der Waals surface area contributed by atoms with Crippen molar-refractivity contribution in [2.24, 2.45) is 0 Å². The molecule has 2 amide bonds. The molecule has 0 saturated carbocycles. The van der Waals surface area contributed by atoms with Gasteiger partial charge in [0.2, 0.25) is 5.91 Å². The predicted octanol–water partition coefficient (Wildman–Crippen LogP) is 2.41. The zero-order valence-electron chi connectivity index (χ0n) is 14.5. The van der Waals surface area contributed by atoms with Gasteiger partial charge in [-0.3, -0.25) is 14.5 Å². The van der Waals surface area contributed by atoms with Crippen LogP contribution < -0.4 is 5.32 Å². The van der Waals surface area contributed by atoms with Gasteiger partial charge >= 0.3 is 0 Å². The van der Waals surface area contributed by atoms with Gasteiger partial charge in [0.1, 0.15) is 0 Å². The summed E-state index contributed by atoms with van der Waals surface area (Å²) in [5.74, 6) is 0.0150. The molecule has 0 radical (unpaired) electrons. The second kappa shape index (κ2) is 8.83. The molecule has 1 heterocycles. The Kier molecular flexibility index (Phi) is 6.26. The van der Waals surface area contributed by atoms with Crippen LogP contribution in [0.2, 0.25) is 5.02 Å². The summed E-state index contributed by atoms with van der Waals surface area (Å²) < 4.78 is 0. The summed E-state index contributed by atoms with van der Waals surface area (Å²) in [4.78, 5) is 28.5. The van der Waals surface area contributed by atoms with Gasteiger partial charge in [0.15, 0.2) is 0 Å². The summed E-state index contributed by atoms with van der Waals surface area (Å²) >= 11 is 5.87. The minimum Gasteiger partial charge on any atom is -0.351 e. The zero-order valence-corrected chi connectivity index (χ0v) is 15.3. The Morgan fingerprint density at radius 2 is 1.58 bits per heavy atom. The van der Waals surface area contributed by atoms with Crippen LogP contribution in [0, 0.1) is 0 Å². The highest BCUT2D eigenvalue weighted by Gasteiger charge is 2.23. The quantitative estimate of drug-likeness (QED) is 0.878. The minimum atomic E-state index is 0.00586. The first kappa shape index (κ1) is 18.4. The van der Waals surface area contributed by atoms with Crippen molar-refractivity contribution in [3.63, 3.8) is 0 Å². The molecule has 1 fully saturated rings. The van der Waals surface area contributed by atoms with Gasteiger partial charge in [-0.1, -0.05) is 41.9 Å². The molecule has 0 aliphatic carbocycles. The number of nitrogens with one attached hydrogen (secondary N) is 1. The first-order chi connectivity index (χ1) is 12.6. The number of nitrogens with zero attached hydrogens (tertiary/aromatic N) is 2. The van der Waals surface area contributed by atoms with Crippen molar-refractivity contribution in [3.05, 3.63) is 70.7 Å². The van der Waals surface area contributed by atoms with Gasteiger partial charge in [-0.15, -0.1) is 0 Å². The van der Waals surface area contributed by atoms with E-state index in [4.69, 9.17) is 11.6 Å². The molecule has 0 aromatic heterocycles. The van der Waals surface area contributed by atoms with Crippen LogP contribution in [0.25, 0.3) is 0 Å². The van der Waals surface area contributed by atoms with Gasteiger partial charge in [0.05, 0.1) is 6.54 Å². The van der Waals surface area contributed by atoms with E-state index in [1.54, 1.807) is 24.3 Å². The molecule has 1 saturated heterocycles. The number of carbonyl (C=O) groups is 2. The lowest BCUT2D eigenvalue weighted by atomic mass is 10.2. The summed E-state index contributed by atoms with van der Waals surface area (Å²) in [5.41, 5.74) is 1.72. The van der Waals surface area contributed by atoms with Crippen LogP contribution in [-0.2, 0) is 11.3 Å². The highest BCUT2D eigenvalue weighted by Crippen LogP contribution is 2.13. The van der Waals surface area contributed by atoms with E-state index in [9.17, 15) is 9.59 Å². The van der Waals surface area contributed by atoms with Crippen molar-refractivity contribution >= 4 is 23.4 Å². The summed E-state index contributed by atoms with van der Waals surface area (Å²) in [6, 6.07) is 16.8. The van der Waals surface area contributed by atoms with Crippen LogP contribution in [0.15, 0.2) is 54.6 Å². The molecule has 5 nitrogen and oxygen atoms in total. The van der Waals surface area contributed by atoms with Crippen LogP contribution in [0.3, 0.4) is 0 Å². The van der Waals surface area contributed by atoms with Gasteiger partial charge in [0.25, 0.3) is 5.91 Å². The first-order valence-corrected chi connectivity index (χ1v) is 9.07. The summed E-state index contributed by atoms with van der Waals surface area (Å²) in [6.45, 7) is 3.52. The first-order valence-electron chi connectivity index (χ1n) is 8.69. The van der Waals surface area contributed by atoms with Gasteiger partial charge in [-0.25, -0.2) is 0 Å². The van der Waals surface area contributed by atoms with Crippen molar-refractivity contribution in [1.29, 1.82) is 0 Å². The normalized spacial score (nSPS) is 14.9. The van der Waals surface area contributed by atoms with Crippen molar-refractivity contribution in [2.75, 3.05) is 32.7 Å². The summed E-state index contributed by atoms with van der Waals surface area (Å²) in [7, 11) is 0. The van der Waals surface area contributed by atoms with Gasteiger partial charge in [-0.05, 0) is 29.8 Å². The standard InChI is InChI=1S/C20H22ClN3O2/c21-18-8-6-17(7-9-18)20(26)24-12-10-23(11-13-24)15-19(25)22-14-16-4-2-1-3-5-16/h1-9H,10-15H2,(H,22,25). The Morgan fingerprint density at radius 1 is 0.923 bits per heavy atom. The number of carbonyl (C=O) groups excluding carboxylic acids is 2. The number of hydrogen-bond acceptors (Lipinski definition) is 3. The monoisotopic (exact) mass is 371 g/mol. The molecule has 2 aromatic carbocycles. The third-order valence-electron chi connectivity index (χ3n) is 4.45. The Hall–Kier alpha value is -2.37. The molecule has 0 atom stereocenters. The van der Waals surface area contributed by atoms with E-state index >= 15 is 0 Å². The molecule has 1 N–H and O–H groups in total. The Balaban J connectivity index is 1.42. The second-order valence-electron chi connectivity index (χ2n) is 6.34. The molecule has 26 heavy (non-hydrogen) atoms. The fraction of sp³-hybridized carbons (Fsp3) is 0.300. The molecule has 0 spiro atoms. The molecule has 136 valence electrons. The zero-order chi connectivity index (χ0) is 18.4. The fourth-order valence-corrected chi connectivity index (χ4v) is 3.07. The SMILES string of the molecule is O=C(CN1CCN(C(=O)c2ccc(Cl)cc2)CC1)NCc1ccccc1. The summed E-state index contributed by atoms with van der Waals surface area (Å²) in [6.07, 6.45) is 0. The maximum absolute atomic E-state index is 12.5. The summed E-state index contributed by atoms with van der Waals surface area (Å²) in [5, 5.41) is 3.56. The Bertz CT molecular complexity index is 741. The molecule has 2 aromatic rings. The van der Waals surface area contributed by atoms with Crippen molar-refractivity contribution in [2.45, 2.75) is 6.54 Å². The van der Waals surface area contributed by atoms with Crippen LogP contribution >= 0.6 is 11.6 Å². The highest BCUT2D eigenvalue weighted by molar-refractivity contribution is 6.30. The maximum Gasteiger partial charge on any atom is 0.253 e. The Morgan fingerprint density at radius 3 is 2.23 bits per heavy atom. The lowest BCUT2D eigenvalue weighted by Crippen LogP contribution is -2.51. The van der Waals surface area contributed by atoms with Crippen molar-refractivity contribution in [3.8, 4) is 0 Å². The van der Waals surface area contributed by atoms with Crippen molar-refractivity contribution < 1.29 is 9.59 Å². The average molecular weight is 372 g/mol. The van der Waals surface area contributed by atoms with Gasteiger partial charge in [0, 0.05) is 43.3 Å². The molecule has 3 rings (SSSR count).